The van der Waals surface area contributed by atoms with Crippen LogP contribution in [0.15, 0.2) is 18.2 Å². The minimum absolute atomic E-state index is 0.464. The molecule has 3 rings (SSSR count). The highest BCUT2D eigenvalue weighted by Crippen LogP contribution is 2.27. The Balaban J connectivity index is 2.06. The van der Waals surface area contributed by atoms with Gasteiger partial charge in [0, 0.05) is 23.6 Å². The van der Waals surface area contributed by atoms with Gasteiger partial charge >= 0.3 is 0 Å². The van der Waals surface area contributed by atoms with Crippen molar-refractivity contribution >= 4 is 23.3 Å². The number of hydrogen-bond donors (Lipinski definition) is 0. The number of benzene rings is 1. The standard InChI is InChI=1S/C17H17ClN4O/c1-23-15-7-6-14(18)10-12(15)9-13(11-19)17-21-20-16-5-3-2-4-8-22(16)17/h6-7,9-10H,2-5,8H2,1H3. The molecule has 0 amide bonds. The van der Waals surface area contributed by atoms with Crippen LogP contribution in [0.4, 0.5) is 0 Å². The normalized spacial score (nSPS) is 14.7. The number of rotatable bonds is 3. The van der Waals surface area contributed by atoms with E-state index in [1.807, 2.05) is 0 Å². The zero-order valence-corrected chi connectivity index (χ0v) is 13.7. The van der Waals surface area contributed by atoms with Crippen LogP contribution in [-0.2, 0) is 13.0 Å². The first kappa shape index (κ1) is 15.6. The third-order valence-corrected chi connectivity index (χ3v) is 4.20. The van der Waals surface area contributed by atoms with Crippen LogP contribution in [0.5, 0.6) is 5.75 Å². The lowest BCUT2D eigenvalue weighted by Gasteiger charge is -2.08. The maximum atomic E-state index is 9.59. The summed E-state index contributed by atoms with van der Waals surface area (Å²) in [6.07, 6.45) is 6.04. The van der Waals surface area contributed by atoms with Crippen molar-refractivity contribution in [1.29, 1.82) is 5.26 Å². The maximum absolute atomic E-state index is 9.59. The molecule has 2 aromatic rings. The van der Waals surface area contributed by atoms with Crippen molar-refractivity contribution in [1.82, 2.24) is 14.8 Å². The summed E-state index contributed by atoms with van der Waals surface area (Å²) in [4.78, 5) is 0. The van der Waals surface area contributed by atoms with Gasteiger partial charge in [0.2, 0.25) is 0 Å². The number of methoxy groups -OCH3 is 1. The molecule has 0 unspecified atom stereocenters. The predicted octanol–water partition coefficient (Wildman–Crippen LogP) is 3.73. The molecule has 0 N–H and O–H groups in total. The Bertz CT molecular complexity index is 788. The number of allylic oxidation sites excluding steroid dienone is 1. The van der Waals surface area contributed by atoms with Gasteiger partial charge in [-0.05, 0) is 37.1 Å². The third kappa shape index (κ3) is 3.22. The molecule has 0 fully saturated rings. The summed E-state index contributed by atoms with van der Waals surface area (Å²) in [7, 11) is 1.59. The van der Waals surface area contributed by atoms with Gasteiger partial charge in [-0.2, -0.15) is 5.26 Å². The van der Waals surface area contributed by atoms with Gasteiger partial charge in [0.05, 0.1) is 12.7 Å². The maximum Gasteiger partial charge on any atom is 0.174 e. The van der Waals surface area contributed by atoms with Crippen LogP contribution in [-0.4, -0.2) is 21.9 Å². The monoisotopic (exact) mass is 328 g/mol. The van der Waals surface area contributed by atoms with Crippen molar-refractivity contribution in [2.24, 2.45) is 0 Å². The van der Waals surface area contributed by atoms with Crippen LogP contribution in [0.1, 0.15) is 36.5 Å². The van der Waals surface area contributed by atoms with Gasteiger partial charge in [0.15, 0.2) is 5.82 Å². The highest BCUT2D eigenvalue weighted by Gasteiger charge is 2.18. The van der Waals surface area contributed by atoms with E-state index in [2.05, 4.69) is 20.8 Å². The lowest BCUT2D eigenvalue weighted by molar-refractivity contribution is 0.414. The number of halogens is 1. The lowest BCUT2D eigenvalue weighted by Crippen LogP contribution is -2.05. The molecule has 0 aliphatic carbocycles. The van der Waals surface area contributed by atoms with E-state index < -0.39 is 0 Å². The highest BCUT2D eigenvalue weighted by molar-refractivity contribution is 6.30. The molecule has 5 nitrogen and oxygen atoms in total. The minimum Gasteiger partial charge on any atom is -0.496 e. The van der Waals surface area contributed by atoms with Crippen molar-refractivity contribution in [3.05, 3.63) is 40.4 Å². The van der Waals surface area contributed by atoms with Crippen LogP contribution >= 0.6 is 11.6 Å². The minimum atomic E-state index is 0.464. The molecule has 6 heteroatoms. The summed E-state index contributed by atoms with van der Waals surface area (Å²) >= 11 is 6.06. The molecule has 0 spiro atoms. The quantitative estimate of drug-likeness (QED) is 0.805. The molecule has 23 heavy (non-hydrogen) atoms. The molecule has 1 aliphatic rings. The zero-order chi connectivity index (χ0) is 16.2. The first-order chi connectivity index (χ1) is 11.2. The van der Waals surface area contributed by atoms with Crippen LogP contribution in [0, 0.1) is 11.3 Å². The van der Waals surface area contributed by atoms with Crippen LogP contribution < -0.4 is 4.74 Å². The van der Waals surface area contributed by atoms with E-state index in [9.17, 15) is 5.26 Å². The molecule has 1 aromatic heterocycles. The molecule has 1 aromatic carbocycles. The number of hydrogen-bond acceptors (Lipinski definition) is 4. The van der Waals surface area contributed by atoms with E-state index in [-0.39, 0.29) is 0 Å². The van der Waals surface area contributed by atoms with Crippen molar-refractivity contribution in [3.63, 3.8) is 0 Å². The molecule has 0 radical (unpaired) electrons. The third-order valence-electron chi connectivity index (χ3n) is 3.96. The van der Waals surface area contributed by atoms with Crippen LogP contribution in [0.3, 0.4) is 0 Å². The molecule has 2 heterocycles. The first-order valence-electron chi connectivity index (χ1n) is 7.60. The van der Waals surface area contributed by atoms with Crippen molar-refractivity contribution < 1.29 is 4.74 Å². The second-order valence-corrected chi connectivity index (χ2v) is 5.89. The van der Waals surface area contributed by atoms with Crippen LogP contribution in [0.25, 0.3) is 11.6 Å². The zero-order valence-electron chi connectivity index (χ0n) is 12.9. The number of nitrogens with zero attached hydrogens (tertiary/aromatic N) is 4. The molecule has 0 bridgehead atoms. The van der Waals surface area contributed by atoms with Gasteiger partial charge < -0.3 is 9.30 Å². The van der Waals surface area contributed by atoms with Gasteiger partial charge in [-0.1, -0.05) is 18.0 Å². The largest absolute Gasteiger partial charge is 0.496 e. The summed E-state index contributed by atoms with van der Waals surface area (Å²) in [5.41, 5.74) is 1.22. The SMILES string of the molecule is COc1ccc(Cl)cc1C=C(C#N)c1nnc2n1CCCCC2. The Morgan fingerprint density at radius 2 is 2.22 bits per heavy atom. The topological polar surface area (TPSA) is 63.7 Å². The summed E-state index contributed by atoms with van der Waals surface area (Å²) in [5, 5.41) is 18.7. The molecule has 0 atom stereocenters. The Morgan fingerprint density at radius 1 is 1.35 bits per heavy atom. The smallest absolute Gasteiger partial charge is 0.174 e. The van der Waals surface area contributed by atoms with E-state index >= 15 is 0 Å². The van der Waals surface area contributed by atoms with Crippen molar-refractivity contribution in [2.45, 2.75) is 32.2 Å². The van der Waals surface area contributed by atoms with Gasteiger partial charge in [0.25, 0.3) is 0 Å². The van der Waals surface area contributed by atoms with Crippen LogP contribution in [0.2, 0.25) is 5.02 Å². The second kappa shape index (κ2) is 6.84. The fourth-order valence-corrected chi connectivity index (χ4v) is 2.99. The highest BCUT2D eigenvalue weighted by atomic mass is 35.5. The van der Waals surface area contributed by atoms with E-state index in [4.69, 9.17) is 16.3 Å². The van der Waals surface area contributed by atoms with E-state index in [0.29, 0.717) is 22.2 Å². The predicted molar refractivity (Wildman–Crippen MR) is 89.1 cm³/mol. The summed E-state index contributed by atoms with van der Waals surface area (Å²) < 4.78 is 7.39. The Kier molecular flexibility index (Phi) is 4.63. The number of aryl methyl sites for hydroxylation is 1. The number of ether oxygens (including phenoxy) is 1. The molecular formula is C17H17ClN4O. The number of aromatic nitrogens is 3. The Hall–Kier alpha value is -2.32. The average Bonchev–Trinajstić information content (AvgIpc) is 2.81. The second-order valence-electron chi connectivity index (χ2n) is 5.46. The molecule has 1 aliphatic heterocycles. The van der Waals surface area contributed by atoms with Gasteiger partial charge in [-0.15, -0.1) is 10.2 Å². The van der Waals surface area contributed by atoms with E-state index in [0.717, 1.165) is 37.2 Å². The lowest BCUT2D eigenvalue weighted by atomic mass is 10.1. The van der Waals surface area contributed by atoms with Crippen molar-refractivity contribution in [2.75, 3.05) is 7.11 Å². The molecular weight excluding hydrogens is 312 g/mol. The number of nitriles is 1. The van der Waals surface area contributed by atoms with Gasteiger partial charge in [-0.25, -0.2) is 0 Å². The summed E-state index contributed by atoms with van der Waals surface area (Å²) in [6, 6.07) is 7.55. The fourth-order valence-electron chi connectivity index (χ4n) is 2.80. The van der Waals surface area contributed by atoms with E-state index in [1.165, 1.54) is 6.42 Å². The molecule has 0 saturated carbocycles. The Labute approximate surface area is 140 Å². The fraction of sp³-hybridized carbons (Fsp3) is 0.353. The summed E-state index contributed by atoms with van der Waals surface area (Å²) in [5.74, 6) is 2.24. The Morgan fingerprint density at radius 3 is 3.00 bits per heavy atom. The van der Waals surface area contributed by atoms with E-state index in [1.54, 1.807) is 31.4 Å². The van der Waals surface area contributed by atoms with Crippen molar-refractivity contribution in [3.8, 4) is 11.8 Å². The average molecular weight is 329 g/mol. The van der Waals surface area contributed by atoms with Gasteiger partial charge in [0.1, 0.15) is 17.6 Å². The summed E-state index contributed by atoms with van der Waals surface area (Å²) in [6.45, 7) is 0.851. The molecule has 0 saturated heterocycles. The molecule has 118 valence electrons. The first-order valence-corrected chi connectivity index (χ1v) is 7.98. The van der Waals surface area contributed by atoms with Gasteiger partial charge in [-0.3, -0.25) is 0 Å². The number of fused-ring (bicyclic) bond motifs is 1.